The Morgan fingerprint density at radius 1 is 1.13 bits per heavy atom. The summed E-state index contributed by atoms with van der Waals surface area (Å²) in [6, 6.07) is 10.2. The Morgan fingerprint density at radius 3 is 2.70 bits per heavy atom. The standard InChI is InChI=1S/C34H38N4O8/c1-18-12-23(40)30-25(43-18)17-24-21(31(30)41)16-27(33(2,3)45-24)44-32(42)34(9-4-5-11-39)26(46-34)7-6-19-13-22(38-29(36)14-19)20-8-10-37-28(35)15-20/h8,10,12-15,17,26-27,39,41H,4-7,9,11,16H2,1-3H3,(H2,35,37)(H2,36,38)/t26-,27-,34-/m1/s1. The number of nitrogens with two attached hydrogens (primary N) is 2. The predicted molar refractivity (Wildman–Crippen MR) is 170 cm³/mol. The maximum Gasteiger partial charge on any atom is 0.341 e. The number of unbranched alkanes of at least 4 members (excludes halogenated alkanes) is 1. The Bertz CT molecular complexity index is 1870. The molecule has 6 rings (SSSR count). The number of aliphatic hydroxyl groups excluding tert-OH is 1. The van der Waals surface area contributed by atoms with E-state index in [4.69, 9.17) is 30.1 Å². The maximum absolute atomic E-state index is 13.9. The average molecular weight is 631 g/mol. The van der Waals surface area contributed by atoms with Gasteiger partial charge in [-0.2, -0.15) is 0 Å². The maximum atomic E-state index is 13.9. The SMILES string of the molecule is Cc1cc(=O)c2c(O)c3c(cc2o1)OC(C)(C)[C@H](OC(=O)[C@]1(CCCCO)O[C@@H]1CCc1cc(N)nc(-c2ccnc(N)c2)c1)C3. The van der Waals surface area contributed by atoms with E-state index >= 15 is 0 Å². The van der Waals surface area contributed by atoms with Crippen molar-refractivity contribution in [1.82, 2.24) is 9.97 Å². The number of pyridine rings is 2. The van der Waals surface area contributed by atoms with E-state index in [1.807, 2.05) is 6.07 Å². The number of epoxide rings is 1. The molecule has 1 aromatic carbocycles. The van der Waals surface area contributed by atoms with Gasteiger partial charge >= 0.3 is 5.97 Å². The van der Waals surface area contributed by atoms with Crippen LogP contribution in [0.4, 0.5) is 11.6 Å². The fourth-order valence-corrected chi connectivity index (χ4v) is 6.24. The summed E-state index contributed by atoms with van der Waals surface area (Å²) in [4.78, 5) is 35.0. The highest BCUT2D eigenvalue weighted by molar-refractivity contribution is 5.87. The van der Waals surface area contributed by atoms with Gasteiger partial charge in [0.15, 0.2) is 11.0 Å². The van der Waals surface area contributed by atoms with Gasteiger partial charge < -0.3 is 40.3 Å². The van der Waals surface area contributed by atoms with Crippen LogP contribution in [0.2, 0.25) is 0 Å². The topological polar surface area (TPSA) is 197 Å². The van der Waals surface area contributed by atoms with Crippen molar-refractivity contribution in [2.75, 3.05) is 18.1 Å². The second-order valence-corrected chi connectivity index (χ2v) is 12.6. The number of aryl methyl sites for hydroxylation is 2. The van der Waals surface area contributed by atoms with E-state index in [2.05, 4.69) is 9.97 Å². The minimum atomic E-state index is -1.18. The number of benzene rings is 1. The largest absolute Gasteiger partial charge is 0.507 e. The molecule has 12 heteroatoms. The molecule has 3 aromatic heterocycles. The third kappa shape index (κ3) is 5.97. The van der Waals surface area contributed by atoms with E-state index in [1.165, 1.54) is 6.07 Å². The van der Waals surface area contributed by atoms with Crippen LogP contribution in [0, 0.1) is 6.92 Å². The number of rotatable bonds is 10. The number of fused-ring (bicyclic) bond motifs is 2. The second kappa shape index (κ2) is 11.9. The molecule has 0 aliphatic carbocycles. The Kier molecular flexibility index (Phi) is 8.11. The van der Waals surface area contributed by atoms with Gasteiger partial charge in [-0.05, 0) is 82.7 Å². The molecule has 3 atom stereocenters. The highest BCUT2D eigenvalue weighted by atomic mass is 16.7. The first-order valence-corrected chi connectivity index (χ1v) is 15.4. The quantitative estimate of drug-likeness (QED) is 0.112. The number of phenols is 1. The van der Waals surface area contributed by atoms with Gasteiger partial charge in [-0.15, -0.1) is 0 Å². The summed E-state index contributed by atoms with van der Waals surface area (Å²) in [5.41, 5.74) is 12.4. The number of aromatic nitrogens is 2. The van der Waals surface area contributed by atoms with Gasteiger partial charge in [0.2, 0.25) is 0 Å². The molecule has 242 valence electrons. The van der Waals surface area contributed by atoms with Crippen molar-refractivity contribution in [3.63, 3.8) is 0 Å². The second-order valence-electron chi connectivity index (χ2n) is 12.6. The Morgan fingerprint density at radius 2 is 1.93 bits per heavy atom. The first-order valence-electron chi connectivity index (χ1n) is 15.4. The molecule has 1 fully saturated rings. The summed E-state index contributed by atoms with van der Waals surface area (Å²) in [7, 11) is 0. The molecular weight excluding hydrogens is 592 g/mol. The zero-order valence-electron chi connectivity index (χ0n) is 26.0. The third-order valence-electron chi connectivity index (χ3n) is 8.76. The Labute approximate surface area is 265 Å². The summed E-state index contributed by atoms with van der Waals surface area (Å²) in [6.07, 6.45) is 3.06. The number of phenolic OH excluding ortho intramolecular Hbond substituents is 1. The van der Waals surface area contributed by atoms with Gasteiger partial charge in [0.1, 0.15) is 51.6 Å². The average Bonchev–Trinajstić information content (AvgIpc) is 3.70. The molecule has 46 heavy (non-hydrogen) atoms. The number of nitrogens with zero attached hydrogens (tertiary/aromatic N) is 2. The summed E-state index contributed by atoms with van der Waals surface area (Å²) in [6.45, 7) is 5.25. The van der Waals surface area contributed by atoms with Crippen LogP contribution in [0.3, 0.4) is 0 Å². The van der Waals surface area contributed by atoms with Crippen LogP contribution in [-0.4, -0.2) is 56.2 Å². The smallest absolute Gasteiger partial charge is 0.341 e. The minimum Gasteiger partial charge on any atom is -0.507 e. The van der Waals surface area contributed by atoms with Crippen LogP contribution in [0.1, 0.15) is 56.4 Å². The summed E-state index contributed by atoms with van der Waals surface area (Å²) < 4.78 is 24.1. The predicted octanol–water partition coefficient (Wildman–Crippen LogP) is 3.99. The van der Waals surface area contributed by atoms with Crippen molar-refractivity contribution in [2.24, 2.45) is 0 Å². The number of nitrogen functional groups attached to an aromatic ring is 2. The molecule has 0 unspecified atom stereocenters. The molecule has 1 saturated heterocycles. The van der Waals surface area contributed by atoms with Gasteiger partial charge in [-0.25, -0.2) is 14.8 Å². The highest BCUT2D eigenvalue weighted by Gasteiger charge is 2.63. The van der Waals surface area contributed by atoms with Gasteiger partial charge in [0.05, 0.1) is 11.8 Å². The molecule has 5 heterocycles. The van der Waals surface area contributed by atoms with Crippen molar-refractivity contribution < 1.29 is 33.6 Å². The van der Waals surface area contributed by atoms with Crippen LogP contribution in [0.25, 0.3) is 22.2 Å². The fraction of sp³-hybridized carbons (Fsp3) is 0.412. The van der Waals surface area contributed by atoms with Crippen LogP contribution in [0.5, 0.6) is 11.5 Å². The van der Waals surface area contributed by atoms with Crippen LogP contribution in [-0.2, 0) is 27.1 Å². The monoisotopic (exact) mass is 630 g/mol. The highest BCUT2D eigenvalue weighted by Crippen LogP contribution is 2.47. The Hall–Kier alpha value is -4.68. The van der Waals surface area contributed by atoms with Crippen molar-refractivity contribution in [3.05, 3.63) is 69.7 Å². The fourth-order valence-electron chi connectivity index (χ4n) is 6.24. The van der Waals surface area contributed by atoms with E-state index in [-0.39, 0.29) is 35.2 Å². The van der Waals surface area contributed by atoms with Crippen molar-refractivity contribution in [2.45, 2.75) is 82.7 Å². The molecule has 0 bridgehead atoms. The summed E-state index contributed by atoms with van der Waals surface area (Å²) in [5.74, 6) is 0.729. The van der Waals surface area contributed by atoms with Gasteiger partial charge in [0.25, 0.3) is 0 Å². The number of ether oxygens (including phenoxy) is 3. The third-order valence-corrected chi connectivity index (χ3v) is 8.76. The summed E-state index contributed by atoms with van der Waals surface area (Å²) >= 11 is 0. The zero-order valence-corrected chi connectivity index (χ0v) is 26.0. The van der Waals surface area contributed by atoms with Crippen molar-refractivity contribution in [1.29, 1.82) is 0 Å². The molecular formula is C34H38N4O8. The van der Waals surface area contributed by atoms with E-state index in [1.54, 1.807) is 51.2 Å². The molecule has 2 aliphatic rings. The van der Waals surface area contributed by atoms with E-state index in [0.29, 0.717) is 66.5 Å². The molecule has 12 nitrogen and oxygen atoms in total. The van der Waals surface area contributed by atoms with Crippen LogP contribution in [0.15, 0.2) is 51.8 Å². The molecule has 0 saturated carbocycles. The molecule has 0 spiro atoms. The van der Waals surface area contributed by atoms with E-state index in [0.717, 1.165) is 11.1 Å². The van der Waals surface area contributed by atoms with E-state index < -0.39 is 29.4 Å². The lowest BCUT2D eigenvalue weighted by Crippen LogP contribution is -2.50. The zero-order chi connectivity index (χ0) is 32.8. The number of hydrogen-bond donors (Lipinski definition) is 4. The number of carbonyl (C=O) groups is 1. The van der Waals surface area contributed by atoms with Gasteiger partial charge in [-0.1, -0.05) is 0 Å². The number of hydrogen-bond acceptors (Lipinski definition) is 12. The van der Waals surface area contributed by atoms with E-state index in [9.17, 15) is 19.8 Å². The van der Waals surface area contributed by atoms with Crippen LogP contribution < -0.4 is 21.6 Å². The normalized spacial score (nSPS) is 21.4. The number of aliphatic hydroxyl groups is 1. The molecule has 6 N–H and O–H groups in total. The number of esters is 1. The van der Waals surface area contributed by atoms with Gasteiger partial charge in [-0.3, -0.25) is 4.79 Å². The first-order chi connectivity index (χ1) is 21.9. The number of carbonyl (C=O) groups excluding carboxylic acids is 1. The van der Waals surface area contributed by atoms with Crippen molar-refractivity contribution >= 4 is 28.6 Å². The lowest BCUT2D eigenvalue weighted by Gasteiger charge is -2.39. The van der Waals surface area contributed by atoms with Gasteiger partial charge in [0, 0.05) is 42.5 Å². The number of anilines is 2. The van der Waals surface area contributed by atoms with Crippen LogP contribution >= 0.6 is 0 Å². The molecule has 0 amide bonds. The lowest BCUT2D eigenvalue weighted by molar-refractivity contribution is -0.168. The van der Waals surface area contributed by atoms with Crippen molar-refractivity contribution in [3.8, 4) is 22.8 Å². The Balaban J connectivity index is 1.20. The molecule has 2 aliphatic heterocycles. The summed E-state index contributed by atoms with van der Waals surface area (Å²) in [5, 5.41) is 20.6. The minimum absolute atomic E-state index is 0.00455. The molecule has 0 radical (unpaired) electrons. The lowest BCUT2D eigenvalue weighted by atomic mass is 9.89. The molecule has 4 aromatic rings. The first kappa shape index (κ1) is 31.3. The number of aromatic hydroxyl groups is 1.